The van der Waals surface area contributed by atoms with Gasteiger partial charge in [0.05, 0.1) is 18.1 Å². The molecule has 0 saturated carbocycles. The zero-order chi connectivity index (χ0) is 13.3. The van der Waals surface area contributed by atoms with Crippen LogP contribution in [-0.2, 0) is 6.54 Å². The van der Waals surface area contributed by atoms with Crippen molar-refractivity contribution in [2.24, 2.45) is 5.73 Å². The summed E-state index contributed by atoms with van der Waals surface area (Å²) in [6.45, 7) is 4.00. The van der Waals surface area contributed by atoms with Crippen molar-refractivity contribution >= 4 is 21.8 Å². The van der Waals surface area contributed by atoms with E-state index in [4.69, 9.17) is 5.73 Å². The van der Waals surface area contributed by atoms with Gasteiger partial charge < -0.3 is 5.73 Å². The van der Waals surface area contributed by atoms with E-state index in [0.29, 0.717) is 11.1 Å². The van der Waals surface area contributed by atoms with Crippen LogP contribution in [0.2, 0.25) is 0 Å². The van der Waals surface area contributed by atoms with Crippen LogP contribution in [0, 0.1) is 13.8 Å². The summed E-state index contributed by atoms with van der Waals surface area (Å²) >= 11 is 3.17. The van der Waals surface area contributed by atoms with Crippen molar-refractivity contribution < 1.29 is 4.79 Å². The second kappa shape index (κ2) is 4.95. The topological polar surface area (TPSA) is 86.7 Å². The second-order valence-electron chi connectivity index (χ2n) is 3.79. The van der Waals surface area contributed by atoms with Gasteiger partial charge in [-0.05, 0) is 29.8 Å². The summed E-state index contributed by atoms with van der Waals surface area (Å²) in [5.41, 5.74) is 8.25. The molecule has 2 rings (SSSR count). The fourth-order valence-electron chi connectivity index (χ4n) is 1.70. The lowest BCUT2D eigenvalue weighted by Crippen LogP contribution is -2.17. The summed E-state index contributed by atoms with van der Waals surface area (Å²) in [7, 11) is 0. The lowest BCUT2D eigenvalue weighted by atomic mass is 10.2. The minimum absolute atomic E-state index is 0.243. The second-order valence-corrected chi connectivity index (χ2v) is 4.61. The van der Waals surface area contributed by atoms with Gasteiger partial charge in [0, 0.05) is 17.8 Å². The van der Waals surface area contributed by atoms with Crippen molar-refractivity contribution in [3.63, 3.8) is 0 Å². The number of nitrogens with zero attached hydrogens (tertiary/aromatic N) is 4. The van der Waals surface area contributed by atoms with Crippen LogP contribution in [0.25, 0.3) is 0 Å². The molecule has 0 atom stereocenters. The van der Waals surface area contributed by atoms with E-state index in [1.807, 2.05) is 13.8 Å². The average Bonchev–Trinajstić information content (AvgIpc) is 2.64. The van der Waals surface area contributed by atoms with E-state index < -0.39 is 0 Å². The van der Waals surface area contributed by atoms with Crippen molar-refractivity contribution in [1.29, 1.82) is 0 Å². The molecule has 0 unspecified atom stereocenters. The molecule has 0 aliphatic heterocycles. The van der Waals surface area contributed by atoms with E-state index in [-0.39, 0.29) is 11.6 Å². The highest BCUT2D eigenvalue weighted by Crippen LogP contribution is 2.13. The Morgan fingerprint density at radius 3 is 2.61 bits per heavy atom. The third kappa shape index (κ3) is 2.19. The first kappa shape index (κ1) is 12.8. The zero-order valence-electron chi connectivity index (χ0n) is 10.0. The van der Waals surface area contributed by atoms with Crippen LogP contribution < -0.4 is 5.73 Å². The minimum Gasteiger partial charge on any atom is -0.326 e. The summed E-state index contributed by atoms with van der Waals surface area (Å²) in [5, 5.41) is 4.19. The number of rotatable bonds is 2. The van der Waals surface area contributed by atoms with Crippen molar-refractivity contribution in [3.05, 3.63) is 39.6 Å². The number of aromatic nitrogens is 4. The summed E-state index contributed by atoms with van der Waals surface area (Å²) in [6.07, 6.45) is 2.88. The smallest absolute Gasteiger partial charge is 0.298 e. The Morgan fingerprint density at radius 1 is 1.39 bits per heavy atom. The molecule has 0 bridgehead atoms. The highest BCUT2D eigenvalue weighted by atomic mass is 79.9. The molecule has 2 N–H and O–H groups in total. The third-order valence-corrected chi connectivity index (χ3v) is 3.09. The molecule has 0 fully saturated rings. The van der Waals surface area contributed by atoms with Crippen LogP contribution in [0.5, 0.6) is 0 Å². The van der Waals surface area contributed by atoms with E-state index in [0.717, 1.165) is 17.0 Å². The Balaban J connectivity index is 2.43. The molecule has 0 aliphatic rings. The number of hydrogen-bond donors (Lipinski definition) is 1. The van der Waals surface area contributed by atoms with E-state index in [9.17, 15) is 4.79 Å². The van der Waals surface area contributed by atoms with E-state index in [1.165, 1.54) is 17.1 Å². The number of hydrogen-bond acceptors (Lipinski definition) is 5. The highest BCUT2D eigenvalue weighted by Gasteiger charge is 2.18. The van der Waals surface area contributed by atoms with Crippen LogP contribution in [0.15, 0.2) is 17.0 Å². The molecule has 0 saturated heterocycles. The first-order valence-electron chi connectivity index (χ1n) is 5.32. The normalized spacial score (nSPS) is 10.7. The molecule has 0 aliphatic carbocycles. The molecule has 0 radical (unpaired) electrons. The van der Waals surface area contributed by atoms with Gasteiger partial charge in [-0.2, -0.15) is 9.78 Å². The van der Waals surface area contributed by atoms with Crippen LogP contribution in [0.1, 0.15) is 27.4 Å². The number of nitrogens with two attached hydrogens (primary N) is 1. The van der Waals surface area contributed by atoms with Crippen molar-refractivity contribution in [1.82, 2.24) is 19.7 Å². The number of carbonyl (C=O) groups excluding carboxylic acids is 1. The average molecular weight is 310 g/mol. The van der Waals surface area contributed by atoms with Gasteiger partial charge in [0.15, 0.2) is 0 Å². The first-order chi connectivity index (χ1) is 8.54. The molecule has 2 aromatic rings. The van der Waals surface area contributed by atoms with Crippen LogP contribution in [0.3, 0.4) is 0 Å². The van der Waals surface area contributed by atoms with Gasteiger partial charge in [-0.15, -0.1) is 0 Å². The van der Waals surface area contributed by atoms with Gasteiger partial charge in [-0.1, -0.05) is 0 Å². The Kier molecular flexibility index (Phi) is 3.53. The van der Waals surface area contributed by atoms with Gasteiger partial charge in [0.2, 0.25) is 0 Å². The molecule has 2 aromatic heterocycles. The van der Waals surface area contributed by atoms with Crippen molar-refractivity contribution in [3.8, 4) is 0 Å². The lowest BCUT2D eigenvalue weighted by Gasteiger charge is -2.02. The molecule has 0 amide bonds. The zero-order valence-corrected chi connectivity index (χ0v) is 11.6. The highest BCUT2D eigenvalue weighted by molar-refractivity contribution is 9.10. The Labute approximate surface area is 112 Å². The van der Waals surface area contributed by atoms with Crippen molar-refractivity contribution in [2.45, 2.75) is 20.4 Å². The minimum atomic E-state index is -0.310. The molecule has 94 valence electrons. The maximum absolute atomic E-state index is 12.2. The molecule has 2 heterocycles. The summed E-state index contributed by atoms with van der Waals surface area (Å²) in [6, 6.07) is 0. The van der Waals surface area contributed by atoms with Crippen LogP contribution >= 0.6 is 15.9 Å². The van der Waals surface area contributed by atoms with Crippen molar-refractivity contribution in [2.75, 3.05) is 0 Å². The van der Waals surface area contributed by atoms with Gasteiger partial charge in [0.1, 0.15) is 10.3 Å². The number of aryl methyl sites for hydroxylation is 1. The molecular formula is C11H12BrN5O. The fourth-order valence-corrected chi connectivity index (χ4v) is 1.90. The molecule has 18 heavy (non-hydrogen) atoms. The molecule has 0 spiro atoms. The fraction of sp³-hybridized carbons (Fsp3) is 0.273. The maximum Gasteiger partial charge on any atom is 0.298 e. The Hall–Kier alpha value is -1.60. The third-order valence-electron chi connectivity index (χ3n) is 2.68. The maximum atomic E-state index is 12.2. The first-order valence-corrected chi connectivity index (χ1v) is 6.11. The SMILES string of the molecule is Cc1nn(C(=O)c2cnc(Br)cn2)c(C)c1CN. The standard InChI is InChI=1S/C11H12BrN5O/c1-6-8(3-13)7(2)17(16-6)11(18)9-4-15-10(12)5-14-9/h4-5H,3,13H2,1-2H3. The van der Waals surface area contributed by atoms with Gasteiger partial charge in [-0.3, -0.25) is 4.79 Å². The van der Waals surface area contributed by atoms with Gasteiger partial charge >= 0.3 is 0 Å². The van der Waals surface area contributed by atoms with E-state index in [2.05, 4.69) is 31.0 Å². The molecule has 7 heteroatoms. The van der Waals surface area contributed by atoms with E-state index in [1.54, 1.807) is 0 Å². The van der Waals surface area contributed by atoms with Gasteiger partial charge in [0.25, 0.3) is 5.91 Å². The summed E-state index contributed by atoms with van der Waals surface area (Å²) < 4.78 is 1.89. The predicted molar refractivity (Wildman–Crippen MR) is 69.1 cm³/mol. The van der Waals surface area contributed by atoms with Crippen LogP contribution in [0.4, 0.5) is 0 Å². The molecular weight excluding hydrogens is 298 g/mol. The predicted octanol–water partition coefficient (Wildman–Crippen LogP) is 1.20. The summed E-state index contributed by atoms with van der Waals surface area (Å²) in [4.78, 5) is 20.2. The molecule has 0 aromatic carbocycles. The number of halogens is 1. The monoisotopic (exact) mass is 309 g/mol. The van der Waals surface area contributed by atoms with Crippen LogP contribution in [-0.4, -0.2) is 25.7 Å². The Bertz CT molecular complexity index is 590. The number of carbonyl (C=O) groups is 1. The summed E-state index contributed by atoms with van der Waals surface area (Å²) in [5.74, 6) is -0.310. The largest absolute Gasteiger partial charge is 0.326 e. The lowest BCUT2D eigenvalue weighted by molar-refractivity contribution is 0.0936. The quantitative estimate of drug-likeness (QED) is 0.900. The Morgan fingerprint density at radius 2 is 2.11 bits per heavy atom. The van der Waals surface area contributed by atoms with E-state index >= 15 is 0 Å². The molecule has 6 nitrogen and oxygen atoms in total. The van der Waals surface area contributed by atoms with Gasteiger partial charge in [-0.25, -0.2) is 9.97 Å².